The standard InChI is InChI=1S/C6H8Cl2N2S/c1-10(2)6-9-5(8)4(3-7)11-6/h3H2,1-2H3. The summed E-state index contributed by atoms with van der Waals surface area (Å²) in [6.45, 7) is 0. The van der Waals surface area contributed by atoms with Crippen molar-refractivity contribution < 1.29 is 0 Å². The van der Waals surface area contributed by atoms with Crippen LogP contribution in [-0.4, -0.2) is 19.1 Å². The van der Waals surface area contributed by atoms with Gasteiger partial charge in [0.25, 0.3) is 0 Å². The molecule has 0 aromatic carbocycles. The molecule has 0 radical (unpaired) electrons. The van der Waals surface area contributed by atoms with Gasteiger partial charge in [0.05, 0.1) is 10.8 Å². The van der Waals surface area contributed by atoms with Gasteiger partial charge in [0.15, 0.2) is 5.13 Å². The zero-order valence-corrected chi connectivity index (χ0v) is 8.59. The number of alkyl halides is 1. The van der Waals surface area contributed by atoms with Gasteiger partial charge in [0, 0.05) is 14.1 Å². The van der Waals surface area contributed by atoms with Crippen molar-refractivity contribution >= 4 is 39.7 Å². The first-order valence-electron chi connectivity index (χ1n) is 3.03. The van der Waals surface area contributed by atoms with E-state index < -0.39 is 0 Å². The maximum absolute atomic E-state index is 5.78. The summed E-state index contributed by atoms with van der Waals surface area (Å²) in [7, 11) is 3.85. The Morgan fingerprint density at radius 2 is 2.18 bits per heavy atom. The lowest BCUT2D eigenvalue weighted by atomic mass is 10.6. The van der Waals surface area contributed by atoms with Crippen molar-refractivity contribution in [2.75, 3.05) is 19.0 Å². The molecule has 0 N–H and O–H groups in total. The molecule has 1 aromatic heterocycles. The van der Waals surface area contributed by atoms with Crippen molar-refractivity contribution in [3.05, 3.63) is 10.0 Å². The summed E-state index contributed by atoms with van der Waals surface area (Å²) in [4.78, 5) is 6.94. The Labute approximate surface area is 79.8 Å². The first kappa shape index (κ1) is 9.10. The Kier molecular flexibility index (Phi) is 2.98. The van der Waals surface area contributed by atoms with Gasteiger partial charge in [-0.15, -0.1) is 11.6 Å². The number of aromatic nitrogens is 1. The van der Waals surface area contributed by atoms with Crippen LogP contribution in [0.3, 0.4) is 0 Å². The maximum Gasteiger partial charge on any atom is 0.186 e. The third kappa shape index (κ3) is 1.98. The Hall–Kier alpha value is 0.01000. The van der Waals surface area contributed by atoms with Gasteiger partial charge in [-0.1, -0.05) is 22.9 Å². The van der Waals surface area contributed by atoms with E-state index in [2.05, 4.69) is 4.98 Å². The average Bonchev–Trinajstić information content (AvgIpc) is 2.31. The molecule has 0 fully saturated rings. The highest BCUT2D eigenvalue weighted by Gasteiger charge is 2.08. The Morgan fingerprint density at radius 1 is 1.55 bits per heavy atom. The van der Waals surface area contributed by atoms with Gasteiger partial charge < -0.3 is 4.90 Å². The number of halogens is 2. The Balaban J connectivity index is 2.95. The van der Waals surface area contributed by atoms with Crippen LogP contribution in [0.4, 0.5) is 5.13 Å². The monoisotopic (exact) mass is 210 g/mol. The minimum atomic E-state index is 0.435. The minimum absolute atomic E-state index is 0.435. The van der Waals surface area contributed by atoms with E-state index >= 15 is 0 Å². The van der Waals surface area contributed by atoms with Crippen molar-refractivity contribution in [2.45, 2.75) is 5.88 Å². The third-order valence-electron chi connectivity index (χ3n) is 1.14. The largest absolute Gasteiger partial charge is 0.354 e. The van der Waals surface area contributed by atoms with E-state index in [1.807, 2.05) is 19.0 Å². The molecule has 1 aromatic rings. The number of thiazole rings is 1. The fraction of sp³-hybridized carbons (Fsp3) is 0.500. The topological polar surface area (TPSA) is 16.1 Å². The summed E-state index contributed by atoms with van der Waals surface area (Å²) in [5.41, 5.74) is 0. The summed E-state index contributed by atoms with van der Waals surface area (Å²) >= 11 is 12.9. The summed E-state index contributed by atoms with van der Waals surface area (Å²) < 4.78 is 0. The van der Waals surface area contributed by atoms with Gasteiger partial charge in [-0.2, -0.15) is 0 Å². The van der Waals surface area contributed by atoms with Gasteiger partial charge in [-0.05, 0) is 0 Å². The second kappa shape index (κ2) is 3.61. The predicted molar refractivity (Wildman–Crippen MR) is 51.0 cm³/mol. The van der Waals surface area contributed by atoms with Crippen molar-refractivity contribution in [1.82, 2.24) is 4.98 Å². The SMILES string of the molecule is CN(C)c1nc(Cl)c(CCl)s1. The van der Waals surface area contributed by atoms with Gasteiger partial charge in [-0.25, -0.2) is 4.98 Å². The van der Waals surface area contributed by atoms with Crippen LogP contribution < -0.4 is 4.90 Å². The lowest BCUT2D eigenvalue weighted by Crippen LogP contribution is -2.07. The van der Waals surface area contributed by atoms with Crippen molar-refractivity contribution in [3.63, 3.8) is 0 Å². The van der Waals surface area contributed by atoms with Crippen LogP contribution >= 0.6 is 34.5 Å². The van der Waals surface area contributed by atoms with Crippen LogP contribution in [0.1, 0.15) is 4.88 Å². The summed E-state index contributed by atoms with van der Waals surface area (Å²) in [6, 6.07) is 0. The first-order valence-corrected chi connectivity index (χ1v) is 4.76. The highest BCUT2D eigenvalue weighted by atomic mass is 35.5. The van der Waals surface area contributed by atoms with E-state index in [0.29, 0.717) is 11.0 Å². The molecule has 1 heterocycles. The lowest BCUT2D eigenvalue weighted by Gasteiger charge is -2.04. The molecule has 0 saturated heterocycles. The van der Waals surface area contributed by atoms with Crippen LogP contribution in [0, 0.1) is 0 Å². The molecule has 0 amide bonds. The van der Waals surface area contributed by atoms with E-state index in [1.54, 1.807) is 0 Å². The van der Waals surface area contributed by atoms with Crippen LogP contribution in [0.2, 0.25) is 5.15 Å². The molecular weight excluding hydrogens is 203 g/mol. The maximum atomic E-state index is 5.78. The number of nitrogens with zero attached hydrogens (tertiary/aromatic N) is 2. The lowest BCUT2D eigenvalue weighted by molar-refractivity contribution is 1.10. The van der Waals surface area contributed by atoms with Gasteiger partial charge >= 0.3 is 0 Å². The van der Waals surface area contributed by atoms with Crippen molar-refractivity contribution in [3.8, 4) is 0 Å². The normalized spacial score (nSPS) is 10.2. The molecule has 0 aliphatic rings. The molecule has 11 heavy (non-hydrogen) atoms. The highest BCUT2D eigenvalue weighted by molar-refractivity contribution is 7.16. The van der Waals surface area contributed by atoms with Crippen LogP contribution in [-0.2, 0) is 5.88 Å². The Morgan fingerprint density at radius 3 is 2.45 bits per heavy atom. The predicted octanol–water partition coefficient (Wildman–Crippen LogP) is 2.60. The van der Waals surface area contributed by atoms with Crippen LogP contribution in [0.15, 0.2) is 0 Å². The average molecular weight is 211 g/mol. The number of hydrogen-bond donors (Lipinski definition) is 0. The van der Waals surface area contributed by atoms with Crippen molar-refractivity contribution in [2.24, 2.45) is 0 Å². The molecule has 0 spiro atoms. The zero-order valence-electron chi connectivity index (χ0n) is 6.27. The van der Waals surface area contributed by atoms with Gasteiger partial charge in [-0.3, -0.25) is 0 Å². The highest BCUT2D eigenvalue weighted by Crippen LogP contribution is 2.29. The molecule has 1 rings (SSSR count). The smallest absolute Gasteiger partial charge is 0.186 e. The quantitative estimate of drug-likeness (QED) is 0.699. The summed E-state index contributed by atoms with van der Waals surface area (Å²) in [5, 5.41) is 1.42. The van der Waals surface area contributed by atoms with E-state index in [4.69, 9.17) is 23.2 Å². The molecule has 0 bridgehead atoms. The molecule has 5 heteroatoms. The minimum Gasteiger partial charge on any atom is -0.354 e. The fourth-order valence-electron chi connectivity index (χ4n) is 0.595. The van der Waals surface area contributed by atoms with Gasteiger partial charge in [0.1, 0.15) is 5.15 Å². The number of hydrogen-bond acceptors (Lipinski definition) is 3. The first-order chi connectivity index (χ1) is 5.15. The second-order valence-corrected chi connectivity index (χ2v) is 3.93. The molecule has 0 atom stereocenters. The van der Waals surface area contributed by atoms with E-state index in [1.165, 1.54) is 11.3 Å². The Bertz CT molecular complexity index is 247. The second-order valence-electron chi connectivity index (χ2n) is 2.24. The molecule has 0 aliphatic heterocycles. The molecular formula is C6H8Cl2N2S. The van der Waals surface area contributed by atoms with E-state index in [-0.39, 0.29) is 0 Å². The molecule has 0 unspecified atom stereocenters. The third-order valence-corrected chi connectivity index (χ3v) is 3.22. The summed E-state index contributed by atoms with van der Waals surface area (Å²) in [6.07, 6.45) is 0. The van der Waals surface area contributed by atoms with Crippen molar-refractivity contribution in [1.29, 1.82) is 0 Å². The fourth-order valence-corrected chi connectivity index (χ4v) is 1.99. The van der Waals surface area contributed by atoms with E-state index in [0.717, 1.165) is 10.0 Å². The van der Waals surface area contributed by atoms with Crippen LogP contribution in [0.25, 0.3) is 0 Å². The van der Waals surface area contributed by atoms with Gasteiger partial charge in [0.2, 0.25) is 0 Å². The molecule has 2 nitrogen and oxygen atoms in total. The molecule has 0 aliphatic carbocycles. The number of rotatable bonds is 2. The van der Waals surface area contributed by atoms with Crippen LogP contribution in [0.5, 0.6) is 0 Å². The summed E-state index contributed by atoms with van der Waals surface area (Å²) in [5.74, 6) is 0.435. The zero-order chi connectivity index (χ0) is 8.43. The number of anilines is 1. The molecule has 0 saturated carbocycles. The molecule has 62 valence electrons. The van der Waals surface area contributed by atoms with E-state index in [9.17, 15) is 0 Å².